The van der Waals surface area contributed by atoms with Crippen molar-refractivity contribution >= 4 is 11.9 Å². The van der Waals surface area contributed by atoms with Gasteiger partial charge in [0.15, 0.2) is 11.9 Å². The Morgan fingerprint density at radius 1 is 1.39 bits per heavy atom. The summed E-state index contributed by atoms with van der Waals surface area (Å²) in [5.41, 5.74) is 0. The summed E-state index contributed by atoms with van der Waals surface area (Å²) >= 11 is 0. The van der Waals surface area contributed by atoms with Gasteiger partial charge in [-0.15, -0.1) is 0 Å². The van der Waals surface area contributed by atoms with Gasteiger partial charge in [0.1, 0.15) is 12.2 Å². The average molecular weight is 266 g/mol. The van der Waals surface area contributed by atoms with Crippen LogP contribution in [0.25, 0.3) is 0 Å². The summed E-state index contributed by atoms with van der Waals surface area (Å²) in [6, 6.07) is 0. The molecule has 9 heteroatoms. The van der Waals surface area contributed by atoms with Crippen molar-refractivity contribution in [1.29, 1.82) is 0 Å². The number of hydrogen-bond donors (Lipinski definition) is 6. The Labute approximate surface area is 101 Å². The van der Waals surface area contributed by atoms with Crippen LogP contribution in [0.4, 0.5) is 0 Å². The van der Waals surface area contributed by atoms with Crippen molar-refractivity contribution in [2.24, 2.45) is 0 Å². The quantitative estimate of drug-likeness (QED) is 0.318. The molecule has 104 valence electrons. The van der Waals surface area contributed by atoms with Crippen LogP contribution in [0, 0.1) is 0 Å². The number of rotatable bonds is 3. The number of aliphatic hydroxyl groups excluding tert-OH is 5. The normalized spacial score (nSPS) is 21.8. The van der Waals surface area contributed by atoms with Crippen LogP contribution in [0.2, 0.25) is 0 Å². The lowest BCUT2D eigenvalue weighted by atomic mass is 10.2. The van der Waals surface area contributed by atoms with Crippen LogP contribution in [0.5, 0.6) is 0 Å². The first-order valence-corrected chi connectivity index (χ1v) is 4.75. The molecular formula is C9H14O9. The van der Waals surface area contributed by atoms with Gasteiger partial charge in [-0.1, -0.05) is 0 Å². The number of aliphatic carboxylic acids is 1. The Kier molecular flexibility index (Phi) is 6.09. The maximum Gasteiger partial charge on any atom is 0.377 e. The van der Waals surface area contributed by atoms with Gasteiger partial charge < -0.3 is 35.4 Å². The number of hydrogen-bond acceptors (Lipinski definition) is 8. The molecule has 0 radical (unpaired) electrons. The molecule has 0 aliphatic carbocycles. The van der Waals surface area contributed by atoms with Crippen LogP contribution in [-0.2, 0) is 14.3 Å². The fraction of sp³-hybridized carbons (Fsp3) is 0.556. The smallest absolute Gasteiger partial charge is 0.377 e. The fourth-order valence-corrected chi connectivity index (χ4v) is 0.823. The number of carbonyl (C=O) groups is 2. The van der Waals surface area contributed by atoms with Crippen molar-refractivity contribution in [3.8, 4) is 0 Å². The van der Waals surface area contributed by atoms with Gasteiger partial charge >= 0.3 is 11.9 Å². The zero-order valence-corrected chi connectivity index (χ0v) is 9.35. The zero-order valence-electron chi connectivity index (χ0n) is 9.35. The monoisotopic (exact) mass is 266 g/mol. The number of ether oxygens (including phenoxy) is 1. The highest BCUT2D eigenvalue weighted by molar-refractivity contribution is 5.89. The Hall–Kier alpha value is -1.84. The van der Waals surface area contributed by atoms with Crippen molar-refractivity contribution < 1.29 is 45.0 Å². The predicted molar refractivity (Wildman–Crippen MR) is 54.6 cm³/mol. The molecule has 9 nitrogen and oxygen atoms in total. The van der Waals surface area contributed by atoms with Crippen molar-refractivity contribution in [3.05, 3.63) is 11.5 Å². The van der Waals surface area contributed by atoms with Gasteiger partial charge in [-0.25, -0.2) is 9.59 Å². The molecule has 1 heterocycles. The summed E-state index contributed by atoms with van der Waals surface area (Å²) < 4.78 is 4.32. The van der Waals surface area contributed by atoms with E-state index in [0.717, 1.165) is 0 Å². The standard InChI is InChI=1S/C6H8O6.C3H6O3/c7-1-2(8)5-3(9)4(10)6(11)12-5;1-2(4)3(5)6/h2,5,7-10H,1H2;2,4H,1H3,(H,5,6)/t2?,5-;/m1./s1. The molecule has 0 fully saturated rings. The largest absolute Gasteiger partial charge is 0.505 e. The van der Waals surface area contributed by atoms with E-state index in [2.05, 4.69) is 4.74 Å². The first-order valence-electron chi connectivity index (χ1n) is 4.75. The molecule has 0 saturated carbocycles. The lowest BCUT2D eigenvalue weighted by molar-refractivity contribution is -0.148. The summed E-state index contributed by atoms with van der Waals surface area (Å²) in [7, 11) is 0. The van der Waals surface area contributed by atoms with Gasteiger partial charge in [0.05, 0.1) is 6.61 Å². The number of carboxylic acid groups (broad SMARTS) is 1. The maximum atomic E-state index is 10.5. The van der Waals surface area contributed by atoms with Gasteiger partial charge in [-0.2, -0.15) is 0 Å². The van der Waals surface area contributed by atoms with E-state index in [1.54, 1.807) is 0 Å². The molecule has 2 unspecified atom stereocenters. The van der Waals surface area contributed by atoms with E-state index in [4.69, 9.17) is 30.6 Å². The molecule has 3 atom stereocenters. The SMILES string of the molecule is CC(O)C(=O)O.O=C1O[C@H](C(O)CO)C(O)=C1O. The van der Waals surface area contributed by atoms with Gasteiger partial charge in [-0.05, 0) is 6.92 Å². The summed E-state index contributed by atoms with van der Waals surface area (Å²) in [6.07, 6.45) is -4.01. The summed E-state index contributed by atoms with van der Waals surface area (Å²) in [5.74, 6) is -3.96. The Morgan fingerprint density at radius 2 is 1.83 bits per heavy atom. The minimum Gasteiger partial charge on any atom is -0.505 e. The molecule has 1 rings (SSSR count). The van der Waals surface area contributed by atoms with Gasteiger partial charge in [0.2, 0.25) is 5.76 Å². The van der Waals surface area contributed by atoms with E-state index in [0.29, 0.717) is 0 Å². The highest BCUT2D eigenvalue weighted by atomic mass is 16.6. The summed E-state index contributed by atoms with van der Waals surface area (Å²) in [5, 5.41) is 50.8. The second-order valence-corrected chi connectivity index (χ2v) is 3.32. The molecule has 0 aromatic heterocycles. The van der Waals surface area contributed by atoms with E-state index in [9.17, 15) is 9.59 Å². The van der Waals surface area contributed by atoms with Crippen LogP contribution < -0.4 is 0 Å². The van der Waals surface area contributed by atoms with Crippen LogP contribution >= 0.6 is 0 Å². The molecule has 0 spiro atoms. The number of aliphatic hydroxyl groups is 5. The Morgan fingerprint density at radius 3 is 2.06 bits per heavy atom. The van der Waals surface area contributed by atoms with Gasteiger partial charge in [-0.3, -0.25) is 0 Å². The highest BCUT2D eigenvalue weighted by Gasteiger charge is 2.38. The van der Waals surface area contributed by atoms with E-state index >= 15 is 0 Å². The number of cyclic esters (lactones) is 1. The van der Waals surface area contributed by atoms with Gasteiger partial charge in [0, 0.05) is 0 Å². The first kappa shape index (κ1) is 16.2. The molecule has 0 aromatic rings. The van der Waals surface area contributed by atoms with E-state index in [1.165, 1.54) is 6.92 Å². The molecule has 1 aliphatic heterocycles. The third-order valence-electron chi connectivity index (χ3n) is 1.83. The molecule has 1 aliphatic rings. The van der Waals surface area contributed by atoms with Crippen LogP contribution in [0.3, 0.4) is 0 Å². The zero-order chi connectivity index (χ0) is 14.5. The van der Waals surface area contributed by atoms with Crippen molar-refractivity contribution in [1.82, 2.24) is 0 Å². The van der Waals surface area contributed by atoms with E-state index < -0.39 is 48.4 Å². The Balaban J connectivity index is 0.000000411. The Bertz CT molecular complexity index is 346. The van der Waals surface area contributed by atoms with Crippen LogP contribution in [0.1, 0.15) is 6.92 Å². The van der Waals surface area contributed by atoms with Crippen molar-refractivity contribution in [2.75, 3.05) is 6.61 Å². The third-order valence-corrected chi connectivity index (χ3v) is 1.83. The highest BCUT2D eigenvalue weighted by Crippen LogP contribution is 2.20. The third kappa shape index (κ3) is 4.20. The lowest BCUT2D eigenvalue weighted by Crippen LogP contribution is -2.31. The molecule has 0 saturated heterocycles. The minimum absolute atomic E-state index is 0.671. The fourth-order valence-electron chi connectivity index (χ4n) is 0.823. The summed E-state index contributed by atoms with van der Waals surface area (Å²) in [4.78, 5) is 20.0. The van der Waals surface area contributed by atoms with E-state index in [1.807, 2.05) is 0 Å². The second kappa shape index (κ2) is 6.79. The summed E-state index contributed by atoms with van der Waals surface area (Å²) in [6.45, 7) is 0.525. The molecule has 6 N–H and O–H groups in total. The van der Waals surface area contributed by atoms with Gasteiger partial charge in [0.25, 0.3) is 0 Å². The molecular weight excluding hydrogens is 252 g/mol. The molecule has 18 heavy (non-hydrogen) atoms. The minimum atomic E-state index is -1.42. The van der Waals surface area contributed by atoms with Crippen LogP contribution in [0.15, 0.2) is 11.5 Å². The second-order valence-electron chi connectivity index (χ2n) is 3.32. The molecule has 0 bridgehead atoms. The maximum absolute atomic E-state index is 10.5. The first-order chi connectivity index (χ1) is 8.22. The molecule has 0 amide bonds. The van der Waals surface area contributed by atoms with E-state index in [-0.39, 0.29) is 0 Å². The number of carboxylic acids is 1. The predicted octanol–water partition coefficient (Wildman–Crippen LogP) is -1.96. The number of esters is 1. The topological polar surface area (TPSA) is 165 Å². The number of carbonyl (C=O) groups excluding carboxylic acids is 1. The average Bonchev–Trinajstić information content (AvgIpc) is 2.56. The van der Waals surface area contributed by atoms with Crippen molar-refractivity contribution in [3.63, 3.8) is 0 Å². The molecule has 0 aromatic carbocycles. The van der Waals surface area contributed by atoms with Crippen molar-refractivity contribution in [2.45, 2.75) is 25.2 Å². The lowest BCUT2D eigenvalue weighted by Gasteiger charge is -2.13. The van der Waals surface area contributed by atoms with Crippen LogP contribution in [-0.4, -0.2) is 67.5 Å².